The van der Waals surface area contributed by atoms with Gasteiger partial charge in [-0.05, 0) is 48.9 Å². The molecule has 2 heterocycles. The van der Waals surface area contributed by atoms with Gasteiger partial charge >= 0.3 is 5.97 Å². The van der Waals surface area contributed by atoms with E-state index in [9.17, 15) is 9.59 Å². The highest BCUT2D eigenvalue weighted by atomic mass is 16.5. The quantitative estimate of drug-likeness (QED) is 0.141. The van der Waals surface area contributed by atoms with Gasteiger partial charge in [-0.25, -0.2) is 0 Å². The number of carbonyl (C=O) groups is 2. The second-order valence-electron chi connectivity index (χ2n) is 9.57. The molecule has 212 valence electrons. The minimum atomic E-state index is -0.529. The van der Waals surface area contributed by atoms with Crippen molar-refractivity contribution in [2.75, 3.05) is 35.0 Å². The van der Waals surface area contributed by atoms with Gasteiger partial charge in [0.25, 0.3) is 0 Å². The second kappa shape index (κ2) is 11.3. The van der Waals surface area contributed by atoms with E-state index < -0.39 is 11.9 Å². The van der Waals surface area contributed by atoms with Crippen LogP contribution in [0.25, 0.3) is 6.08 Å². The average Bonchev–Trinajstić information content (AvgIpc) is 3.29. The summed E-state index contributed by atoms with van der Waals surface area (Å²) < 4.78 is 39.9. The first-order chi connectivity index (χ1) is 19.8. The van der Waals surface area contributed by atoms with Crippen LogP contribution in [-0.2, 0) is 4.79 Å². The minimum Gasteiger partial charge on any atom is -0.493 e. The number of para-hydroxylation sites is 1. The molecule has 0 fully saturated rings. The highest BCUT2D eigenvalue weighted by molar-refractivity contribution is 6.15. The van der Waals surface area contributed by atoms with Crippen LogP contribution in [0.3, 0.4) is 0 Å². The number of ether oxygens (including phenoxy) is 7. The van der Waals surface area contributed by atoms with Crippen molar-refractivity contribution in [3.63, 3.8) is 0 Å². The van der Waals surface area contributed by atoms with Crippen LogP contribution >= 0.6 is 0 Å². The number of hydrogen-bond donors (Lipinski definition) is 0. The number of rotatable bonds is 9. The van der Waals surface area contributed by atoms with Crippen molar-refractivity contribution in [3.8, 4) is 40.2 Å². The van der Waals surface area contributed by atoms with Gasteiger partial charge in [0.05, 0.1) is 40.4 Å². The molecule has 0 saturated heterocycles. The number of benzene rings is 3. The van der Waals surface area contributed by atoms with Crippen LogP contribution in [0.4, 0.5) is 0 Å². The van der Waals surface area contributed by atoms with Crippen LogP contribution < -0.4 is 33.2 Å². The molecule has 2 aliphatic heterocycles. The van der Waals surface area contributed by atoms with E-state index in [1.54, 1.807) is 43.5 Å². The zero-order chi connectivity index (χ0) is 29.3. The maximum Gasteiger partial charge on any atom is 0.312 e. The van der Waals surface area contributed by atoms with Gasteiger partial charge in [0, 0.05) is 22.6 Å². The molecular weight excluding hydrogens is 528 g/mol. The monoisotopic (exact) mass is 558 g/mol. The number of allylic oxidation sites excluding steroid dienone is 1. The van der Waals surface area contributed by atoms with Gasteiger partial charge in [-0.2, -0.15) is 0 Å². The number of carbonyl (C=O) groups excluding carboxylic acids is 2. The fourth-order valence-electron chi connectivity index (χ4n) is 5.07. The lowest BCUT2D eigenvalue weighted by molar-refractivity contribution is -0.135. The maximum absolute atomic E-state index is 13.6. The number of fused-ring (bicyclic) bond motifs is 3. The molecule has 1 atom stereocenters. The van der Waals surface area contributed by atoms with Gasteiger partial charge < -0.3 is 33.2 Å². The molecule has 2 aliphatic rings. The summed E-state index contributed by atoms with van der Waals surface area (Å²) >= 11 is 0. The zero-order valence-corrected chi connectivity index (χ0v) is 23.5. The lowest BCUT2D eigenvalue weighted by Gasteiger charge is -2.28. The Hall–Kier alpha value is -4.92. The standard InChI is InChI=1S/C32H30O9/c1-17(2)16-39-30-19(8-7-9-23(30)35-3)21-15-26(33)40-22-13-11-20-28(34)25(41-31(20)27(21)22)14-18-10-12-24(36-4)32(38-6)29(18)37-5/h7-14,21H,1,15-16H2,2-6H3/b25-14-/t21-/m1/s1. The van der Waals surface area contributed by atoms with Gasteiger partial charge in [-0.15, -0.1) is 0 Å². The third-order valence-corrected chi connectivity index (χ3v) is 6.87. The van der Waals surface area contributed by atoms with Crippen LogP contribution in [0.15, 0.2) is 60.4 Å². The van der Waals surface area contributed by atoms with E-state index in [0.29, 0.717) is 62.5 Å². The highest BCUT2D eigenvalue weighted by Gasteiger charge is 2.40. The van der Waals surface area contributed by atoms with Crippen LogP contribution in [0.2, 0.25) is 0 Å². The van der Waals surface area contributed by atoms with Crippen molar-refractivity contribution < 1.29 is 42.7 Å². The van der Waals surface area contributed by atoms with Gasteiger partial charge in [0.1, 0.15) is 18.1 Å². The summed E-state index contributed by atoms with van der Waals surface area (Å²) in [5.74, 6) is 1.71. The molecule has 9 nitrogen and oxygen atoms in total. The van der Waals surface area contributed by atoms with Gasteiger partial charge in [-0.3, -0.25) is 9.59 Å². The first-order valence-corrected chi connectivity index (χ1v) is 12.9. The Balaban J connectivity index is 1.63. The molecule has 0 aromatic heterocycles. The number of ketones is 1. The fraction of sp³-hybridized carbons (Fsp3) is 0.250. The Bertz CT molecular complexity index is 1580. The van der Waals surface area contributed by atoms with E-state index in [4.69, 9.17) is 33.2 Å². The summed E-state index contributed by atoms with van der Waals surface area (Å²) in [4.78, 5) is 26.3. The van der Waals surface area contributed by atoms with Crippen molar-refractivity contribution in [2.24, 2.45) is 0 Å². The normalized spacial score (nSPS) is 16.3. The molecule has 0 N–H and O–H groups in total. The molecule has 0 amide bonds. The topological polar surface area (TPSA) is 98.8 Å². The molecule has 3 aromatic carbocycles. The lowest BCUT2D eigenvalue weighted by Crippen LogP contribution is -2.22. The van der Waals surface area contributed by atoms with E-state index >= 15 is 0 Å². The van der Waals surface area contributed by atoms with Crippen molar-refractivity contribution in [1.82, 2.24) is 0 Å². The molecule has 0 bridgehead atoms. The van der Waals surface area contributed by atoms with E-state index in [-0.39, 0.29) is 24.6 Å². The second-order valence-corrected chi connectivity index (χ2v) is 9.57. The molecule has 41 heavy (non-hydrogen) atoms. The van der Waals surface area contributed by atoms with Crippen molar-refractivity contribution in [2.45, 2.75) is 19.3 Å². The predicted molar refractivity (Wildman–Crippen MR) is 151 cm³/mol. The first kappa shape index (κ1) is 27.6. The lowest BCUT2D eigenvalue weighted by atomic mass is 9.84. The van der Waals surface area contributed by atoms with Crippen molar-refractivity contribution >= 4 is 17.8 Å². The molecule has 0 unspecified atom stereocenters. The van der Waals surface area contributed by atoms with Crippen LogP contribution in [-0.4, -0.2) is 46.8 Å². The third kappa shape index (κ3) is 4.95. The van der Waals surface area contributed by atoms with Gasteiger partial charge in [-0.1, -0.05) is 18.7 Å². The summed E-state index contributed by atoms with van der Waals surface area (Å²) in [7, 11) is 6.08. The van der Waals surface area contributed by atoms with Gasteiger partial charge in [0.2, 0.25) is 11.5 Å². The summed E-state index contributed by atoms with van der Waals surface area (Å²) in [6.07, 6.45) is 1.60. The van der Waals surface area contributed by atoms with E-state index in [2.05, 4.69) is 6.58 Å². The van der Waals surface area contributed by atoms with E-state index in [1.807, 2.05) is 19.1 Å². The Morgan fingerprint density at radius 3 is 2.32 bits per heavy atom. The highest BCUT2D eigenvalue weighted by Crippen LogP contribution is 2.52. The summed E-state index contributed by atoms with van der Waals surface area (Å²) in [6, 6.07) is 12.2. The summed E-state index contributed by atoms with van der Waals surface area (Å²) in [5, 5.41) is 0. The Labute approximate surface area is 237 Å². The average molecular weight is 559 g/mol. The number of Topliss-reactive ketones (excluding diaryl/α,β-unsaturated/α-hetero) is 1. The van der Waals surface area contributed by atoms with Crippen LogP contribution in [0.5, 0.6) is 40.2 Å². The summed E-state index contributed by atoms with van der Waals surface area (Å²) in [5.41, 5.74) is 3.00. The van der Waals surface area contributed by atoms with Crippen molar-refractivity contribution in [1.29, 1.82) is 0 Å². The Morgan fingerprint density at radius 2 is 1.63 bits per heavy atom. The molecule has 5 rings (SSSR count). The fourth-order valence-corrected chi connectivity index (χ4v) is 5.07. The SMILES string of the molecule is C=C(C)COc1c(OC)cccc1[C@H]1CC(=O)Oc2ccc3c(c21)O/C(=C\c1ccc(OC)c(OC)c1OC)C3=O. The molecule has 3 aromatic rings. The largest absolute Gasteiger partial charge is 0.493 e. The smallest absolute Gasteiger partial charge is 0.312 e. The number of hydrogen-bond acceptors (Lipinski definition) is 9. The Kier molecular flexibility index (Phi) is 7.61. The van der Waals surface area contributed by atoms with E-state index in [0.717, 1.165) is 5.57 Å². The molecular formula is C32H30O9. The van der Waals surface area contributed by atoms with E-state index in [1.165, 1.54) is 21.3 Å². The van der Waals surface area contributed by atoms with Crippen molar-refractivity contribution in [3.05, 3.63) is 82.6 Å². The minimum absolute atomic E-state index is 0.0140. The summed E-state index contributed by atoms with van der Waals surface area (Å²) in [6.45, 7) is 6.04. The maximum atomic E-state index is 13.6. The predicted octanol–water partition coefficient (Wildman–Crippen LogP) is 5.73. The zero-order valence-electron chi connectivity index (χ0n) is 23.5. The molecule has 0 saturated carbocycles. The molecule has 0 radical (unpaired) electrons. The molecule has 0 aliphatic carbocycles. The van der Waals surface area contributed by atoms with Gasteiger partial charge in [0.15, 0.2) is 28.8 Å². The number of esters is 1. The third-order valence-electron chi connectivity index (χ3n) is 6.87. The van der Waals surface area contributed by atoms with Crippen LogP contribution in [0, 0.1) is 0 Å². The first-order valence-electron chi connectivity index (χ1n) is 12.9. The van der Waals surface area contributed by atoms with Crippen LogP contribution in [0.1, 0.15) is 46.3 Å². The number of methoxy groups -OCH3 is 4. The Morgan fingerprint density at radius 1 is 0.902 bits per heavy atom. The molecule has 9 heteroatoms. The molecule has 0 spiro atoms.